The van der Waals surface area contributed by atoms with Gasteiger partial charge < -0.3 is 14.8 Å². The number of carbonyl (C=O) groups is 1. The molecule has 2 aliphatic rings. The number of imidazole rings is 1. The molecule has 1 aromatic carbocycles. The maximum absolute atomic E-state index is 13.1. The first-order valence-corrected chi connectivity index (χ1v) is 9.67. The molecule has 0 aliphatic carbocycles. The van der Waals surface area contributed by atoms with Crippen LogP contribution in [0.2, 0.25) is 0 Å². The topological polar surface area (TPSA) is 53.4 Å². The molecule has 1 fully saturated rings. The summed E-state index contributed by atoms with van der Waals surface area (Å²) in [6.07, 6.45) is 3.78. The second-order valence-electron chi connectivity index (χ2n) is 6.45. The van der Waals surface area contributed by atoms with Crippen LogP contribution in [0.5, 0.6) is 0 Å². The predicted octanol–water partition coefficient (Wildman–Crippen LogP) is 1.51. The van der Waals surface area contributed by atoms with E-state index in [4.69, 9.17) is 0 Å². The molecule has 1 amide bonds. The van der Waals surface area contributed by atoms with Crippen LogP contribution in [0.25, 0.3) is 0 Å². The molecule has 1 saturated heterocycles. The van der Waals surface area contributed by atoms with Crippen molar-refractivity contribution >= 4 is 23.4 Å². The number of piperazine rings is 1. The normalized spacial score (nSPS) is 21.2. The van der Waals surface area contributed by atoms with Crippen molar-refractivity contribution in [2.45, 2.75) is 10.9 Å². The van der Waals surface area contributed by atoms with Gasteiger partial charge in [0.2, 0.25) is 5.91 Å². The van der Waals surface area contributed by atoms with Crippen LogP contribution in [0.4, 0.5) is 5.69 Å². The van der Waals surface area contributed by atoms with Crippen LogP contribution in [0.1, 0.15) is 11.9 Å². The van der Waals surface area contributed by atoms with Gasteiger partial charge in [-0.05, 0) is 12.1 Å². The van der Waals surface area contributed by atoms with E-state index in [-0.39, 0.29) is 11.9 Å². The van der Waals surface area contributed by atoms with Gasteiger partial charge in [0.05, 0.1) is 18.3 Å². The minimum Gasteiger partial charge on any atom is -0.337 e. The van der Waals surface area contributed by atoms with Gasteiger partial charge in [0.15, 0.2) is 0 Å². The van der Waals surface area contributed by atoms with Crippen molar-refractivity contribution in [2.75, 3.05) is 43.4 Å². The third-order valence-corrected chi connectivity index (χ3v) is 5.92. The Kier molecular flexibility index (Phi) is 4.78. The number of anilines is 1. The molecule has 0 radical (unpaired) electrons. The third-order valence-electron chi connectivity index (χ3n) is 4.88. The van der Waals surface area contributed by atoms with Crippen molar-refractivity contribution in [3.8, 4) is 0 Å². The Balaban J connectivity index is 1.53. The number of aryl methyl sites for hydroxylation is 1. The molecule has 3 heterocycles. The van der Waals surface area contributed by atoms with Gasteiger partial charge in [-0.25, -0.2) is 4.98 Å². The molecule has 0 spiro atoms. The molecule has 0 saturated carbocycles. The standard InChI is InChI=1S/C18H23N5OS/c1-21-8-7-20-18(21)15-12-19-6-9-22(15)13-17(24)23-10-11-25-16-5-3-2-4-14(16)23/h2-5,7-8,15,19H,6,9-13H2,1H3. The van der Waals surface area contributed by atoms with Gasteiger partial charge in [-0.3, -0.25) is 9.69 Å². The van der Waals surface area contributed by atoms with Crippen molar-refractivity contribution < 1.29 is 4.79 Å². The van der Waals surface area contributed by atoms with Crippen molar-refractivity contribution in [3.63, 3.8) is 0 Å². The average molecular weight is 357 g/mol. The van der Waals surface area contributed by atoms with Gasteiger partial charge in [0, 0.05) is 56.3 Å². The molecule has 2 aromatic rings. The van der Waals surface area contributed by atoms with Gasteiger partial charge >= 0.3 is 0 Å². The summed E-state index contributed by atoms with van der Waals surface area (Å²) in [7, 11) is 2.01. The van der Waals surface area contributed by atoms with E-state index in [2.05, 4.69) is 21.3 Å². The Morgan fingerprint density at radius 2 is 2.24 bits per heavy atom. The maximum Gasteiger partial charge on any atom is 0.241 e. The average Bonchev–Trinajstić information content (AvgIpc) is 3.07. The number of hydrogen-bond donors (Lipinski definition) is 1. The fraction of sp³-hybridized carbons (Fsp3) is 0.444. The molecular formula is C18H23N5OS. The number of thioether (sulfide) groups is 1. The molecule has 4 rings (SSSR count). The van der Waals surface area contributed by atoms with Crippen LogP contribution < -0.4 is 10.2 Å². The molecule has 132 valence electrons. The Bertz CT molecular complexity index is 761. The number of nitrogens with zero attached hydrogens (tertiary/aromatic N) is 4. The first-order valence-electron chi connectivity index (χ1n) is 8.68. The Morgan fingerprint density at radius 3 is 3.08 bits per heavy atom. The van der Waals surface area contributed by atoms with Crippen LogP contribution >= 0.6 is 11.8 Å². The number of benzene rings is 1. The zero-order chi connectivity index (χ0) is 17.2. The lowest BCUT2D eigenvalue weighted by molar-refractivity contribution is -0.120. The molecule has 7 heteroatoms. The molecule has 1 unspecified atom stereocenters. The van der Waals surface area contributed by atoms with Gasteiger partial charge in [-0.15, -0.1) is 11.8 Å². The molecular weight excluding hydrogens is 334 g/mol. The summed E-state index contributed by atoms with van der Waals surface area (Å²) in [6, 6.07) is 8.32. The smallest absolute Gasteiger partial charge is 0.241 e. The zero-order valence-corrected chi connectivity index (χ0v) is 15.2. The van der Waals surface area contributed by atoms with Crippen LogP contribution in [0.3, 0.4) is 0 Å². The number of hydrogen-bond acceptors (Lipinski definition) is 5. The highest BCUT2D eigenvalue weighted by Crippen LogP contribution is 2.34. The van der Waals surface area contributed by atoms with Crippen LogP contribution in [0, 0.1) is 0 Å². The summed E-state index contributed by atoms with van der Waals surface area (Å²) in [5, 5.41) is 3.43. The first kappa shape index (κ1) is 16.6. The van der Waals surface area contributed by atoms with Gasteiger partial charge in [-0.2, -0.15) is 0 Å². The van der Waals surface area contributed by atoms with Crippen LogP contribution in [0.15, 0.2) is 41.6 Å². The predicted molar refractivity (Wildman–Crippen MR) is 99.9 cm³/mol. The number of nitrogens with one attached hydrogen (secondary N) is 1. The molecule has 2 aliphatic heterocycles. The third kappa shape index (κ3) is 3.31. The molecule has 6 nitrogen and oxygen atoms in total. The highest BCUT2D eigenvalue weighted by molar-refractivity contribution is 7.99. The molecule has 0 bridgehead atoms. The van der Waals surface area contributed by atoms with E-state index in [1.165, 1.54) is 4.90 Å². The minimum atomic E-state index is 0.132. The summed E-state index contributed by atoms with van der Waals surface area (Å²) in [5.74, 6) is 2.14. The Labute approximate surface area is 152 Å². The second kappa shape index (κ2) is 7.19. The quantitative estimate of drug-likeness (QED) is 0.902. The van der Waals surface area contributed by atoms with Crippen molar-refractivity contribution in [1.29, 1.82) is 0 Å². The Morgan fingerprint density at radius 1 is 1.36 bits per heavy atom. The Hall–Kier alpha value is -1.83. The fourth-order valence-electron chi connectivity index (χ4n) is 3.58. The first-order chi connectivity index (χ1) is 12.2. The van der Waals surface area contributed by atoms with E-state index in [0.29, 0.717) is 6.54 Å². The van der Waals surface area contributed by atoms with E-state index < -0.39 is 0 Å². The number of carbonyl (C=O) groups excluding carboxylic acids is 1. The lowest BCUT2D eigenvalue weighted by atomic mass is 10.1. The van der Waals surface area contributed by atoms with E-state index >= 15 is 0 Å². The van der Waals surface area contributed by atoms with E-state index in [1.807, 2.05) is 58.9 Å². The molecule has 1 N–H and O–H groups in total. The number of fused-ring (bicyclic) bond motifs is 1. The van der Waals surface area contributed by atoms with Crippen molar-refractivity contribution in [2.24, 2.45) is 7.05 Å². The fourth-order valence-corrected chi connectivity index (χ4v) is 4.57. The largest absolute Gasteiger partial charge is 0.337 e. The maximum atomic E-state index is 13.1. The SMILES string of the molecule is Cn1ccnc1C1CNCCN1CC(=O)N1CCSc2ccccc21. The minimum absolute atomic E-state index is 0.132. The lowest BCUT2D eigenvalue weighted by Gasteiger charge is -2.37. The van der Waals surface area contributed by atoms with Crippen molar-refractivity contribution in [1.82, 2.24) is 19.8 Å². The molecule has 1 atom stereocenters. The molecule has 25 heavy (non-hydrogen) atoms. The molecule has 1 aromatic heterocycles. The van der Waals surface area contributed by atoms with Crippen LogP contribution in [-0.2, 0) is 11.8 Å². The summed E-state index contributed by atoms with van der Waals surface area (Å²) < 4.78 is 2.04. The highest BCUT2D eigenvalue weighted by Gasteiger charge is 2.31. The highest BCUT2D eigenvalue weighted by atomic mass is 32.2. The number of aromatic nitrogens is 2. The van der Waals surface area contributed by atoms with Gasteiger partial charge in [-0.1, -0.05) is 12.1 Å². The van der Waals surface area contributed by atoms with E-state index in [0.717, 1.165) is 43.4 Å². The zero-order valence-electron chi connectivity index (χ0n) is 14.4. The van der Waals surface area contributed by atoms with Gasteiger partial charge in [0.1, 0.15) is 5.82 Å². The summed E-state index contributed by atoms with van der Waals surface area (Å²) in [5.41, 5.74) is 1.05. The number of rotatable bonds is 3. The summed E-state index contributed by atoms with van der Waals surface area (Å²) >= 11 is 1.83. The number of amides is 1. The lowest BCUT2D eigenvalue weighted by Crippen LogP contribution is -2.51. The van der Waals surface area contributed by atoms with Crippen LogP contribution in [-0.4, -0.2) is 58.8 Å². The van der Waals surface area contributed by atoms with E-state index in [9.17, 15) is 4.79 Å². The monoisotopic (exact) mass is 357 g/mol. The van der Waals surface area contributed by atoms with Gasteiger partial charge in [0.25, 0.3) is 0 Å². The summed E-state index contributed by atoms with van der Waals surface area (Å²) in [4.78, 5) is 23.0. The second-order valence-corrected chi connectivity index (χ2v) is 7.59. The number of para-hydroxylation sites is 1. The van der Waals surface area contributed by atoms with E-state index in [1.54, 1.807) is 0 Å². The van der Waals surface area contributed by atoms with Crippen molar-refractivity contribution in [3.05, 3.63) is 42.5 Å². The summed E-state index contributed by atoms with van der Waals surface area (Å²) in [6.45, 7) is 3.79.